The first kappa shape index (κ1) is 17.4. The van der Waals surface area contributed by atoms with Gasteiger partial charge in [-0.25, -0.2) is 9.37 Å². The van der Waals surface area contributed by atoms with Crippen molar-refractivity contribution in [2.75, 3.05) is 17.2 Å². The van der Waals surface area contributed by atoms with Gasteiger partial charge in [-0.15, -0.1) is 0 Å². The van der Waals surface area contributed by atoms with E-state index in [0.717, 1.165) is 17.7 Å². The second-order valence-electron chi connectivity index (χ2n) is 5.18. The first-order valence-corrected chi connectivity index (χ1v) is 7.49. The van der Waals surface area contributed by atoms with Crippen molar-refractivity contribution >= 4 is 23.4 Å². The molecule has 24 heavy (non-hydrogen) atoms. The fourth-order valence-corrected chi connectivity index (χ4v) is 2.00. The van der Waals surface area contributed by atoms with Crippen molar-refractivity contribution in [3.8, 4) is 0 Å². The summed E-state index contributed by atoms with van der Waals surface area (Å²) in [7, 11) is 0. The van der Waals surface area contributed by atoms with Crippen molar-refractivity contribution in [2.24, 2.45) is 0 Å². The van der Waals surface area contributed by atoms with Gasteiger partial charge >= 0.3 is 5.97 Å². The highest BCUT2D eigenvalue weighted by atomic mass is 19.1. The topological polar surface area (TPSA) is 91.3 Å². The van der Waals surface area contributed by atoms with Crippen LogP contribution in [0.3, 0.4) is 0 Å². The van der Waals surface area contributed by atoms with Gasteiger partial charge in [-0.05, 0) is 36.2 Å². The van der Waals surface area contributed by atoms with Gasteiger partial charge in [-0.1, -0.05) is 12.1 Å². The monoisotopic (exact) mass is 331 g/mol. The number of amides is 1. The van der Waals surface area contributed by atoms with Crippen molar-refractivity contribution in [1.82, 2.24) is 4.98 Å². The SMILES string of the molecule is O=C(O)CCC(=O)Nc1ccc(NCCc2ccc(F)cc2)cn1. The summed E-state index contributed by atoms with van der Waals surface area (Å²) < 4.78 is 12.8. The Hall–Kier alpha value is -2.96. The van der Waals surface area contributed by atoms with Crippen LogP contribution in [-0.2, 0) is 16.0 Å². The average molecular weight is 331 g/mol. The molecule has 3 N–H and O–H groups in total. The molecule has 0 atom stereocenters. The van der Waals surface area contributed by atoms with Gasteiger partial charge in [0.1, 0.15) is 11.6 Å². The van der Waals surface area contributed by atoms with E-state index in [1.807, 2.05) is 0 Å². The molecule has 0 aliphatic rings. The lowest BCUT2D eigenvalue weighted by molar-refractivity contribution is -0.138. The number of carboxylic acid groups (broad SMARTS) is 1. The number of rotatable bonds is 8. The molecule has 0 unspecified atom stereocenters. The van der Waals surface area contributed by atoms with Crippen LogP contribution in [0.2, 0.25) is 0 Å². The minimum absolute atomic E-state index is 0.0886. The maximum atomic E-state index is 12.8. The number of carboxylic acids is 1. The van der Waals surface area contributed by atoms with Crippen LogP contribution < -0.4 is 10.6 Å². The molecule has 2 aromatic rings. The van der Waals surface area contributed by atoms with Crippen LogP contribution in [0.5, 0.6) is 0 Å². The van der Waals surface area contributed by atoms with Crippen LogP contribution in [0.25, 0.3) is 0 Å². The number of carbonyl (C=O) groups excluding carboxylic acids is 1. The van der Waals surface area contributed by atoms with Crippen molar-refractivity contribution in [2.45, 2.75) is 19.3 Å². The summed E-state index contributed by atoms with van der Waals surface area (Å²) >= 11 is 0. The largest absolute Gasteiger partial charge is 0.481 e. The van der Waals surface area contributed by atoms with Gasteiger partial charge in [0, 0.05) is 13.0 Å². The van der Waals surface area contributed by atoms with E-state index in [9.17, 15) is 14.0 Å². The maximum Gasteiger partial charge on any atom is 0.303 e. The summed E-state index contributed by atoms with van der Waals surface area (Å²) in [4.78, 5) is 26.0. The molecular weight excluding hydrogens is 313 g/mol. The lowest BCUT2D eigenvalue weighted by Gasteiger charge is -2.08. The van der Waals surface area contributed by atoms with E-state index in [2.05, 4.69) is 15.6 Å². The minimum Gasteiger partial charge on any atom is -0.481 e. The normalized spacial score (nSPS) is 10.2. The molecule has 0 bridgehead atoms. The summed E-state index contributed by atoms with van der Waals surface area (Å²) in [6.07, 6.45) is 2.02. The van der Waals surface area contributed by atoms with Crippen LogP contribution in [0, 0.1) is 5.82 Å². The number of anilines is 2. The number of hydrogen-bond donors (Lipinski definition) is 3. The summed E-state index contributed by atoms with van der Waals surface area (Å²) in [5.41, 5.74) is 1.82. The van der Waals surface area contributed by atoms with E-state index in [0.29, 0.717) is 12.4 Å². The first-order valence-electron chi connectivity index (χ1n) is 7.49. The van der Waals surface area contributed by atoms with E-state index in [1.54, 1.807) is 30.5 Å². The molecule has 0 saturated carbocycles. The molecule has 6 nitrogen and oxygen atoms in total. The van der Waals surface area contributed by atoms with Crippen molar-refractivity contribution in [1.29, 1.82) is 0 Å². The summed E-state index contributed by atoms with van der Waals surface area (Å²) in [5.74, 6) is -1.29. The average Bonchev–Trinajstić information content (AvgIpc) is 2.56. The third-order valence-electron chi connectivity index (χ3n) is 3.25. The fourth-order valence-electron chi connectivity index (χ4n) is 2.00. The number of aromatic nitrogens is 1. The summed E-state index contributed by atoms with van der Waals surface area (Å²) in [6, 6.07) is 9.75. The minimum atomic E-state index is -1.01. The zero-order valence-corrected chi connectivity index (χ0v) is 13.0. The third-order valence-corrected chi connectivity index (χ3v) is 3.25. The second-order valence-corrected chi connectivity index (χ2v) is 5.18. The quantitative estimate of drug-likeness (QED) is 0.692. The molecular formula is C17H18FN3O3. The Kier molecular flexibility index (Phi) is 6.24. The molecule has 1 heterocycles. The Morgan fingerprint density at radius 2 is 1.83 bits per heavy atom. The molecule has 1 aromatic carbocycles. The Morgan fingerprint density at radius 1 is 1.08 bits per heavy atom. The number of nitrogens with zero attached hydrogens (tertiary/aromatic N) is 1. The molecule has 0 spiro atoms. The van der Waals surface area contributed by atoms with E-state index in [-0.39, 0.29) is 24.6 Å². The van der Waals surface area contributed by atoms with Crippen LogP contribution in [0.1, 0.15) is 18.4 Å². The number of aliphatic carboxylic acids is 1. The highest BCUT2D eigenvalue weighted by molar-refractivity contribution is 5.91. The summed E-state index contributed by atoms with van der Waals surface area (Å²) in [6.45, 7) is 0.664. The van der Waals surface area contributed by atoms with Crippen LogP contribution in [0.4, 0.5) is 15.9 Å². The van der Waals surface area contributed by atoms with Crippen molar-refractivity contribution < 1.29 is 19.1 Å². The van der Waals surface area contributed by atoms with E-state index in [1.165, 1.54) is 12.1 Å². The molecule has 126 valence electrons. The second kappa shape index (κ2) is 8.61. The highest BCUT2D eigenvalue weighted by Gasteiger charge is 2.06. The summed E-state index contributed by atoms with van der Waals surface area (Å²) in [5, 5.41) is 14.2. The van der Waals surface area contributed by atoms with E-state index in [4.69, 9.17) is 5.11 Å². The predicted molar refractivity (Wildman–Crippen MR) is 88.3 cm³/mol. The first-order chi connectivity index (χ1) is 11.5. The lowest BCUT2D eigenvalue weighted by atomic mass is 10.1. The van der Waals surface area contributed by atoms with E-state index < -0.39 is 5.97 Å². The van der Waals surface area contributed by atoms with Gasteiger partial charge in [0.25, 0.3) is 0 Å². The van der Waals surface area contributed by atoms with Crippen molar-refractivity contribution in [3.05, 3.63) is 54.0 Å². The molecule has 7 heteroatoms. The number of nitrogens with one attached hydrogen (secondary N) is 2. The standard InChI is InChI=1S/C17H18FN3O3/c18-13-3-1-12(2-4-13)9-10-19-14-5-6-15(20-11-14)21-16(22)7-8-17(23)24/h1-6,11,19H,7-10H2,(H,23,24)(H,20,21,22). The Labute approximate surface area is 138 Å². The molecule has 1 amide bonds. The zero-order chi connectivity index (χ0) is 17.4. The maximum absolute atomic E-state index is 12.8. The molecule has 0 aliphatic carbocycles. The Bertz CT molecular complexity index is 687. The van der Waals surface area contributed by atoms with Gasteiger partial charge in [0.2, 0.25) is 5.91 Å². The van der Waals surface area contributed by atoms with Crippen LogP contribution in [0.15, 0.2) is 42.6 Å². The number of hydrogen-bond acceptors (Lipinski definition) is 4. The molecule has 0 radical (unpaired) electrons. The molecule has 0 fully saturated rings. The number of halogens is 1. The van der Waals surface area contributed by atoms with Gasteiger partial charge in [-0.2, -0.15) is 0 Å². The van der Waals surface area contributed by atoms with Crippen molar-refractivity contribution in [3.63, 3.8) is 0 Å². The smallest absolute Gasteiger partial charge is 0.303 e. The van der Waals surface area contributed by atoms with Gasteiger partial charge in [0.15, 0.2) is 0 Å². The third kappa shape index (κ3) is 6.04. The van der Waals surface area contributed by atoms with Gasteiger partial charge in [0.05, 0.1) is 18.3 Å². The molecule has 0 aliphatic heterocycles. The highest BCUT2D eigenvalue weighted by Crippen LogP contribution is 2.11. The zero-order valence-electron chi connectivity index (χ0n) is 13.0. The van der Waals surface area contributed by atoms with Gasteiger partial charge < -0.3 is 15.7 Å². The van der Waals surface area contributed by atoms with Crippen LogP contribution >= 0.6 is 0 Å². The number of carbonyl (C=O) groups is 2. The van der Waals surface area contributed by atoms with Gasteiger partial charge in [-0.3, -0.25) is 9.59 Å². The molecule has 0 saturated heterocycles. The predicted octanol–water partition coefficient (Wildman–Crippen LogP) is 2.68. The number of benzene rings is 1. The fraction of sp³-hybridized carbons (Fsp3) is 0.235. The lowest BCUT2D eigenvalue weighted by Crippen LogP contribution is -2.14. The van der Waals surface area contributed by atoms with Crippen LogP contribution in [-0.4, -0.2) is 28.5 Å². The molecule has 1 aromatic heterocycles. The Balaban J connectivity index is 1.76. The Morgan fingerprint density at radius 3 is 2.46 bits per heavy atom. The number of pyridine rings is 1. The molecule has 2 rings (SSSR count). The van der Waals surface area contributed by atoms with E-state index >= 15 is 0 Å².